The van der Waals surface area contributed by atoms with Gasteiger partial charge >= 0.3 is 0 Å². The molecule has 0 aromatic carbocycles. The van der Waals surface area contributed by atoms with Crippen molar-refractivity contribution in [1.82, 2.24) is 9.97 Å². The highest BCUT2D eigenvalue weighted by Gasteiger charge is 2.17. The lowest BCUT2D eigenvalue weighted by Gasteiger charge is -2.22. The Kier molecular flexibility index (Phi) is 4.70. The molecule has 96 valence electrons. The zero-order chi connectivity index (χ0) is 13.1. The van der Waals surface area contributed by atoms with Gasteiger partial charge in [-0.15, -0.1) is 0 Å². The number of aliphatic hydroxyl groups is 1. The van der Waals surface area contributed by atoms with Gasteiger partial charge in [0.25, 0.3) is 5.56 Å². The van der Waals surface area contributed by atoms with Gasteiger partial charge in [0.1, 0.15) is 10.3 Å². The lowest BCUT2D eigenvalue weighted by atomic mass is 9.89. The maximum absolute atomic E-state index is 11.3. The number of aliphatic hydroxyl groups excluding tert-OH is 1. The van der Waals surface area contributed by atoms with E-state index < -0.39 is 6.10 Å². The Bertz CT molecular complexity index is 425. The minimum atomic E-state index is -0.469. The molecule has 0 saturated carbocycles. The normalized spacial score (nSPS) is 13.5. The van der Waals surface area contributed by atoms with Crippen molar-refractivity contribution in [2.24, 2.45) is 5.41 Å². The largest absolute Gasteiger partial charge is 0.391 e. The summed E-state index contributed by atoms with van der Waals surface area (Å²) in [5.74, 6) is 0.446. The molecule has 0 aliphatic rings. The van der Waals surface area contributed by atoms with E-state index in [0.29, 0.717) is 23.3 Å². The summed E-state index contributed by atoms with van der Waals surface area (Å²) in [6.07, 6.45) is 1.54. The molecule has 0 bridgehead atoms. The van der Waals surface area contributed by atoms with Crippen LogP contribution in [-0.2, 0) is 0 Å². The van der Waals surface area contributed by atoms with Gasteiger partial charge in [0.2, 0.25) is 0 Å². The Morgan fingerprint density at radius 3 is 2.82 bits per heavy atom. The van der Waals surface area contributed by atoms with Crippen molar-refractivity contribution in [3.8, 4) is 0 Å². The van der Waals surface area contributed by atoms with Gasteiger partial charge in [0, 0.05) is 6.54 Å². The number of aromatic nitrogens is 2. The highest BCUT2D eigenvalue weighted by Crippen LogP contribution is 2.21. The first-order valence-electron chi connectivity index (χ1n) is 5.45. The van der Waals surface area contributed by atoms with Crippen molar-refractivity contribution in [3.05, 3.63) is 21.2 Å². The number of anilines is 1. The molecule has 5 nitrogen and oxygen atoms in total. The Morgan fingerprint density at radius 1 is 1.59 bits per heavy atom. The third kappa shape index (κ3) is 4.87. The molecule has 1 atom stereocenters. The smallest absolute Gasteiger partial charge is 0.267 e. The fourth-order valence-electron chi connectivity index (χ4n) is 1.50. The summed E-state index contributed by atoms with van der Waals surface area (Å²) in [6, 6.07) is 0. The monoisotopic (exact) mass is 303 g/mol. The first-order valence-corrected chi connectivity index (χ1v) is 6.24. The first-order chi connectivity index (χ1) is 7.79. The van der Waals surface area contributed by atoms with Crippen LogP contribution >= 0.6 is 15.9 Å². The molecule has 3 N–H and O–H groups in total. The second-order valence-electron chi connectivity index (χ2n) is 5.19. The molecule has 17 heavy (non-hydrogen) atoms. The predicted molar refractivity (Wildman–Crippen MR) is 71.1 cm³/mol. The quantitative estimate of drug-likeness (QED) is 0.792. The van der Waals surface area contributed by atoms with Crippen LogP contribution in [0, 0.1) is 5.41 Å². The predicted octanol–water partition coefficient (Wildman–Crippen LogP) is 1.74. The summed E-state index contributed by atoms with van der Waals surface area (Å²) >= 11 is 3.14. The summed E-state index contributed by atoms with van der Waals surface area (Å²) in [5.41, 5.74) is -0.173. The second-order valence-corrected chi connectivity index (χ2v) is 5.99. The lowest BCUT2D eigenvalue weighted by molar-refractivity contribution is 0.132. The number of nitrogens with zero attached hydrogens (tertiary/aromatic N) is 1. The first kappa shape index (κ1) is 14.2. The molecule has 0 amide bonds. The molecule has 1 aromatic heterocycles. The number of hydrogen-bond donors (Lipinski definition) is 3. The number of halogens is 1. The number of aromatic amines is 1. The fourth-order valence-corrected chi connectivity index (χ4v) is 1.86. The van der Waals surface area contributed by atoms with Gasteiger partial charge in [0.15, 0.2) is 0 Å². The van der Waals surface area contributed by atoms with E-state index in [0.717, 1.165) is 0 Å². The highest BCUT2D eigenvalue weighted by atomic mass is 79.9. The summed E-state index contributed by atoms with van der Waals surface area (Å²) < 4.78 is 0.350. The molecule has 1 heterocycles. The van der Waals surface area contributed by atoms with Crippen LogP contribution in [-0.4, -0.2) is 27.7 Å². The van der Waals surface area contributed by atoms with Crippen molar-refractivity contribution < 1.29 is 5.11 Å². The van der Waals surface area contributed by atoms with E-state index in [1.165, 1.54) is 6.33 Å². The molecule has 0 spiro atoms. The minimum absolute atomic E-state index is 0.0694. The summed E-state index contributed by atoms with van der Waals surface area (Å²) in [7, 11) is 0. The zero-order valence-corrected chi connectivity index (χ0v) is 11.8. The average molecular weight is 304 g/mol. The maximum Gasteiger partial charge on any atom is 0.267 e. The number of nitrogens with one attached hydrogen (secondary N) is 2. The third-order valence-electron chi connectivity index (χ3n) is 2.15. The molecule has 0 saturated heterocycles. The molecule has 0 aliphatic heterocycles. The SMILES string of the molecule is CC(C)(C)CC(O)CNc1nc[nH]c(=O)c1Br. The van der Waals surface area contributed by atoms with Gasteiger partial charge in [-0.2, -0.15) is 0 Å². The van der Waals surface area contributed by atoms with Crippen molar-refractivity contribution in [3.63, 3.8) is 0 Å². The average Bonchev–Trinajstić information content (AvgIpc) is 2.18. The van der Waals surface area contributed by atoms with Crippen LogP contribution in [0.15, 0.2) is 15.6 Å². The highest BCUT2D eigenvalue weighted by molar-refractivity contribution is 9.10. The molecule has 6 heteroatoms. The molecular formula is C11H18BrN3O2. The number of rotatable bonds is 4. The molecule has 0 aliphatic carbocycles. The van der Waals surface area contributed by atoms with Gasteiger partial charge in [-0.1, -0.05) is 20.8 Å². The van der Waals surface area contributed by atoms with E-state index in [2.05, 4.69) is 52.0 Å². The maximum atomic E-state index is 11.3. The van der Waals surface area contributed by atoms with Gasteiger partial charge < -0.3 is 15.4 Å². The van der Waals surface area contributed by atoms with Gasteiger partial charge in [-0.3, -0.25) is 4.79 Å². The summed E-state index contributed by atoms with van der Waals surface area (Å²) in [5, 5.41) is 12.8. The van der Waals surface area contributed by atoms with E-state index in [1.54, 1.807) is 0 Å². The van der Waals surface area contributed by atoms with E-state index >= 15 is 0 Å². The Hall–Kier alpha value is -0.880. The van der Waals surface area contributed by atoms with Crippen molar-refractivity contribution in [2.75, 3.05) is 11.9 Å². The molecule has 1 unspecified atom stereocenters. The van der Waals surface area contributed by atoms with Crippen molar-refractivity contribution >= 4 is 21.7 Å². The third-order valence-corrected chi connectivity index (χ3v) is 2.89. The van der Waals surface area contributed by atoms with Crippen LogP contribution < -0.4 is 10.9 Å². The van der Waals surface area contributed by atoms with E-state index in [4.69, 9.17) is 0 Å². The molecule has 0 fully saturated rings. The summed E-state index contributed by atoms with van der Waals surface area (Å²) in [4.78, 5) is 17.7. The van der Waals surface area contributed by atoms with E-state index in [-0.39, 0.29) is 11.0 Å². The Morgan fingerprint density at radius 2 is 2.24 bits per heavy atom. The van der Waals surface area contributed by atoms with Crippen LogP contribution in [0.5, 0.6) is 0 Å². The van der Waals surface area contributed by atoms with Gasteiger partial charge in [-0.25, -0.2) is 4.98 Å². The minimum Gasteiger partial charge on any atom is -0.391 e. The Labute approximate surface area is 109 Å². The van der Waals surface area contributed by atoms with Crippen LogP contribution in [0.25, 0.3) is 0 Å². The van der Waals surface area contributed by atoms with E-state index in [1.807, 2.05) is 0 Å². The van der Waals surface area contributed by atoms with Crippen molar-refractivity contribution in [2.45, 2.75) is 33.3 Å². The molecule has 1 aromatic rings. The fraction of sp³-hybridized carbons (Fsp3) is 0.636. The van der Waals surface area contributed by atoms with Crippen LogP contribution in [0.4, 0.5) is 5.82 Å². The van der Waals surface area contributed by atoms with Crippen LogP contribution in [0.3, 0.4) is 0 Å². The second kappa shape index (κ2) is 5.64. The number of H-pyrrole nitrogens is 1. The number of hydrogen-bond acceptors (Lipinski definition) is 4. The van der Waals surface area contributed by atoms with Gasteiger partial charge in [-0.05, 0) is 27.8 Å². The van der Waals surface area contributed by atoms with Crippen LogP contribution in [0.2, 0.25) is 0 Å². The lowest BCUT2D eigenvalue weighted by Crippen LogP contribution is -2.26. The molecule has 1 rings (SSSR count). The van der Waals surface area contributed by atoms with Crippen molar-refractivity contribution in [1.29, 1.82) is 0 Å². The Balaban J connectivity index is 2.56. The van der Waals surface area contributed by atoms with Gasteiger partial charge in [0.05, 0.1) is 12.4 Å². The molecule has 0 radical (unpaired) electrons. The zero-order valence-electron chi connectivity index (χ0n) is 10.2. The summed E-state index contributed by atoms with van der Waals surface area (Å²) in [6.45, 7) is 6.57. The standard InChI is InChI=1S/C11H18BrN3O2/c1-11(2,3)4-7(16)5-13-9-8(12)10(17)15-6-14-9/h6-7,16H,4-5H2,1-3H3,(H2,13,14,15,17). The van der Waals surface area contributed by atoms with E-state index in [9.17, 15) is 9.90 Å². The van der Waals surface area contributed by atoms with Crippen LogP contribution in [0.1, 0.15) is 27.2 Å². The topological polar surface area (TPSA) is 78.0 Å². The molecular weight excluding hydrogens is 286 g/mol.